The lowest BCUT2D eigenvalue weighted by molar-refractivity contribution is -0.112. The Hall–Kier alpha value is -1.22. The van der Waals surface area contributed by atoms with Crippen molar-refractivity contribution in [1.29, 1.82) is 0 Å². The van der Waals surface area contributed by atoms with Gasteiger partial charge in [0.1, 0.15) is 0 Å². The number of aldehydes is 1. The molecule has 0 aliphatic rings. The van der Waals surface area contributed by atoms with E-state index < -0.39 is 0 Å². The van der Waals surface area contributed by atoms with Crippen LogP contribution in [0.4, 0.5) is 0 Å². The van der Waals surface area contributed by atoms with Crippen LogP contribution in [0.1, 0.15) is 36.0 Å². The zero-order chi connectivity index (χ0) is 11.0. The molecule has 0 aliphatic heterocycles. The van der Waals surface area contributed by atoms with Crippen molar-refractivity contribution in [3.05, 3.63) is 28.0 Å². The summed E-state index contributed by atoms with van der Waals surface area (Å²) in [5.41, 5.74) is 0.900. The molecule has 1 aromatic heterocycles. The van der Waals surface area contributed by atoms with Crippen molar-refractivity contribution in [3.63, 3.8) is 0 Å². The minimum atomic E-state index is 0.00820. The van der Waals surface area contributed by atoms with Gasteiger partial charge in [-0.3, -0.25) is 9.59 Å². The third-order valence-corrected chi connectivity index (χ3v) is 2.14. The fourth-order valence-electron chi connectivity index (χ4n) is 0.731. The first-order chi connectivity index (χ1) is 6.72. The van der Waals surface area contributed by atoms with Gasteiger partial charge in [-0.2, -0.15) is 0 Å². The van der Waals surface area contributed by atoms with E-state index in [0.717, 1.165) is 11.8 Å². The number of allylic oxidation sites excluding steroid dienone is 1. The van der Waals surface area contributed by atoms with Crippen molar-refractivity contribution in [2.24, 2.45) is 0 Å². The minimum Gasteiger partial charge on any atom is -0.297 e. The summed E-state index contributed by atoms with van der Waals surface area (Å²) >= 11 is 1.37. The van der Waals surface area contributed by atoms with E-state index in [9.17, 15) is 9.59 Å². The number of carbonyl (C=O) groups is 2. The molecule has 76 valence electrons. The van der Waals surface area contributed by atoms with Crippen LogP contribution in [0.2, 0.25) is 0 Å². The predicted octanol–water partition coefficient (Wildman–Crippen LogP) is 3.19. The van der Waals surface area contributed by atoms with E-state index in [1.54, 1.807) is 12.1 Å². The first-order valence-corrected chi connectivity index (χ1v) is 5.32. The van der Waals surface area contributed by atoms with Crippen LogP contribution in [0.15, 0.2) is 17.5 Å². The molecule has 3 heteroatoms. The summed E-state index contributed by atoms with van der Waals surface area (Å²) in [6.07, 6.45) is 3.98. The molecular formula is C11H14O2S. The topological polar surface area (TPSA) is 34.1 Å². The summed E-state index contributed by atoms with van der Waals surface area (Å²) in [6.45, 7) is 5.49. The molecule has 0 spiro atoms. The van der Waals surface area contributed by atoms with E-state index in [-0.39, 0.29) is 5.78 Å². The van der Waals surface area contributed by atoms with Crippen LogP contribution in [-0.2, 0) is 4.79 Å². The van der Waals surface area contributed by atoms with Crippen LogP contribution in [0, 0.1) is 0 Å². The second kappa shape index (κ2) is 7.21. The third-order valence-electron chi connectivity index (χ3n) is 1.27. The first kappa shape index (κ1) is 12.8. The van der Waals surface area contributed by atoms with Gasteiger partial charge in [-0.25, -0.2) is 0 Å². The highest BCUT2D eigenvalue weighted by Gasteiger charge is 1.94. The van der Waals surface area contributed by atoms with Gasteiger partial charge < -0.3 is 0 Å². The van der Waals surface area contributed by atoms with Crippen LogP contribution in [0.25, 0.3) is 6.08 Å². The number of rotatable bonds is 3. The Morgan fingerprint density at radius 2 is 2.07 bits per heavy atom. The second-order valence-electron chi connectivity index (χ2n) is 2.34. The highest BCUT2D eigenvalue weighted by molar-refractivity contribution is 7.11. The minimum absolute atomic E-state index is 0.00820. The standard InChI is InChI=1S/C9H8O2S.C2H6/c1-7(11)2-3-8-4-9(5-10)12-6-8;1-2/h2-6H,1H3;1-2H3/b3-2+;. The van der Waals surface area contributed by atoms with Gasteiger partial charge in [-0.15, -0.1) is 11.3 Å². The smallest absolute Gasteiger partial charge is 0.160 e. The Balaban J connectivity index is 0.000000791. The number of hydrogen-bond donors (Lipinski definition) is 0. The van der Waals surface area contributed by atoms with Crippen molar-refractivity contribution >= 4 is 29.5 Å². The molecule has 0 unspecified atom stereocenters. The van der Waals surface area contributed by atoms with E-state index in [0.29, 0.717) is 4.88 Å². The Morgan fingerprint density at radius 3 is 2.50 bits per heavy atom. The molecule has 1 aromatic rings. The van der Waals surface area contributed by atoms with Crippen molar-refractivity contribution in [2.45, 2.75) is 20.8 Å². The third kappa shape index (κ3) is 4.72. The van der Waals surface area contributed by atoms with E-state index >= 15 is 0 Å². The quantitative estimate of drug-likeness (QED) is 0.567. The Kier molecular flexibility index (Phi) is 6.58. The number of ketones is 1. The lowest BCUT2D eigenvalue weighted by Gasteiger charge is -1.80. The summed E-state index contributed by atoms with van der Waals surface area (Å²) in [5, 5.41) is 1.84. The molecule has 0 aliphatic carbocycles. The Bertz CT molecular complexity index is 324. The maximum atomic E-state index is 10.5. The molecule has 0 saturated heterocycles. The van der Waals surface area contributed by atoms with Crippen LogP contribution >= 0.6 is 11.3 Å². The molecule has 1 heterocycles. The number of hydrogen-bond acceptors (Lipinski definition) is 3. The van der Waals surface area contributed by atoms with Gasteiger partial charge >= 0.3 is 0 Å². The predicted molar refractivity (Wildman–Crippen MR) is 60.8 cm³/mol. The summed E-state index contributed by atoms with van der Waals surface area (Å²) in [4.78, 5) is 21.5. The highest BCUT2D eigenvalue weighted by Crippen LogP contribution is 2.13. The Labute approximate surface area is 88.3 Å². The highest BCUT2D eigenvalue weighted by atomic mass is 32.1. The van der Waals surface area contributed by atoms with Gasteiger partial charge in [0.15, 0.2) is 12.1 Å². The van der Waals surface area contributed by atoms with Crippen molar-refractivity contribution in [1.82, 2.24) is 0 Å². The van der Waals surface area contributed by atoms with Crippen molar-refractivity contribution in [3.8, 4) is 0 Å². The molecule has 1 rings (SSSR count). The molecule has 0 N–H and O–H groups in total. The normalized spacial score (nSPS) is 9.36. The van der Waals surface area contributed by atoms with Crippen LogP contribution < -0.4 is 0 Å². The summed E-state index contributed by atoms with van der Waals surface area (Å²) in [6, 6.07) is 1.75. The van der Waals surface area contributed by atoms with Gasteiger partial charge in [-0.1, -0.05) is 19.9 Å². The molecule has 0 amide bonds. The van der Waals surface area contributed by atoms with Gasteiger partial charge in [0.05, 0.1) is 4.88 Å². The zero-order valence-corrected chi connectivity index (χ0v) is 9.43. The van der Waals surface area contributed by atoms with Gasteiger partial charge in [0.25, 0.3) is 0 Å². The Morgan fingerprint density at radius 1 is 1.43 bits per heavy atom. The summed E-state index contributed by atoms with van der Waals surface area (Å²) < 4.78 is 0. The van der Waals surface area contributed by atoms with E-state index in [4.69, 9.17) is 0 Å². The molecule has 0 radical (unpaired) electrons. The summed E-state index contributed by atoms with van der Waals surface area (Å²) in [5.74, 6) is 0.00820. The number of carbonyl (C=O) groups excluding carboxylic acids is 2. The lowest BCUT2D eigenvalue weighted by Crippen LogP contribution is -1.78. The fourth-order valence-corrected chi connectivity index (χ4v) is 1.41. The monoisotopic (exact) mass is 210 g/mol. The average molecular weight is 210 g/mol. The molecule has 0 bridgehead atoms. The lowest BCUT2D eigenvalue weighted by atomic mass is 10.2. The first-order valence-electron chi connectivity index (χ1n) is 4.45. The molecule has 0 aromatic carbocycles. The van der Waals surface area contributed by atoms with Gasteiger partial charge in [-0.05, 0) is 30.0 Å². The second-order valence-corrected chi connectivity index (χ2v) is 3.29. The largest absolute Gasteiger partial charge is 0.297 e. The van der Waals surface area contributed by atoms with Crippen molar-refractivity contribution in [2.75, 3.05) is 0 Å². The molecule has 2 nitrogen and oxygen atoms in total. The van der Waals surface area contributed by atoms with E-state index in [1.165, 1.54) is 24.3 Å². The molecule has 0 atom stereocenters. The number of thiophene rings is 1. The maximum absolute atomic E-state index is 10.5. The summed E-state index contributed by atoms with van der Waals surface area (Å²) in [7, 11) is 0. The zero-order valence-electron chi connectivity index (χ0n) is 8.61. The van der Waals surface area contributed by atoms with Gasteiger partial charge in [0, 0.05) is 0 Å². The van der Waals surface area contributed by atoms with E-state index in [1.807, 2.05) is 19.2 Å². The molecule has 0 saturated carbocycles. The average Bonchev–Trinajstić information content (AvgIpc) is 2.65. The van der Waals surface area contributed by atoms with Crippen LogP contribution in [0.3, 0.4) is 0 Å². The van der Waals surface area contributed by atoms with Gasteiger partial charge in [0.2, 0.25) is 0 Å². The van der Waals surface area contributed by atoms with Crippen LogP contribution in [-0.4, -0.2) is 12.1 Å². The van der Waals surface area contributed by atoms with E-state index in [2.05, 4.69) is 0 Å². The SMILES string of the molecule is CC.CC(=O)/C=C/c1csc(C=O)c1. The maximum Gasteiger partial charge on any atom is 0.160 e. The van der Waals surface area contributed by atoms with Crippen LogP contribution in [0.5, 0.6) is 0 Å². The molecular weight excluding hydrogens is 196 g/mol. The fraction of sp³-hybridized carbons (Fsp3) is 0.273. The van der Waals surface area contributed by atoms with Crippen molar-refractivity contribution < 1.29 is 9.59 Å². The molecule has 14 heavy (non-hydrogen) atoms. The molecule has 0 fully saturated rings.